The minimum atomic E-state index is -0.190. The van der Waals surface area contributed by atoms with Crippen LogP contribution in [-0.2, 0) is 4.79 Å². The summed E-state index contributed by atoms with van der Waals surface area (Å²) in [6, 6.07) is 14.1. The van der Waals surface area contributed by atoms with E-state index in [2.05, 4.69) is 11.4 Å². The van der Waals surface area contributed by atoms with E-state index >= 15 is 0 Å². The predicted octanol–water partition coefficient (Wildman–Crippen LogP) is 3.07. The van der Waals surface area contributed by atoms with Crippen LogP contribution in [0.3, 0.4) is 0 Å². The number of ether oxygens (including phenoxy) is 2. The largest absolute Gasteiger partial charge is 0.496 e. The molecule has 0 bridgehead atoms. The number of nitrogens with one attached hydrogen (secondary N) is 1. The van der Waals surface area contributed by atoms with Crippen molar-refractivity contribution < 1.29 is 19.1 Å². The second-order valence-corrected chi connectivity index (χ2v) is 6.79. The molecule has 0 aromatic heterocycles. The standard InChI is InChI=1S/C22H23N3O4/c1-28-18-7-4-8-19(29-2)20(18)22(27)25-11-9-16(10-12-25)21(26)24-17-6-3-5-15(13-17)14-23/h3-8,13,16H,9-12H2,1-2H3,(H,24,26). The van der Waals surface area contributed by atoms with Crippen LogP contribution in [0.4, 0.5) is 5.69 Å². The number of methoxy groups -OCH3 is 2. The van der Waals surface area contributed by atoms with Crippen LogP contribution in [0.5, 0.6) is 11.5 Å². The molecule has 2 amide bonds. The van der Waals surface area contributed by atoms with Gasteiger partial charge < -0.3 is 19.7 Å². The summed E-state index contributed by atoms with van der Waals surface area (Å²) in [6.07, 6.45) is 1.12. The molecule has 1 aliphatic rings. The molecule has 7 heteroatoms. The Bertz CT molecular complexity index is 921. The van der Waals surface area contributed by atoms with Crippen LogP contribution in [-0.4, -0.2) is 44.0 Å². The van der Waals surface area contributed by atoms with Gasteiger partial charge in [-0.15, -0.1) is 0 Å². The Morgan fingerprint density at radius 3 is 2.28 bits per heavy atom. The molecule has 0 spiro atoms. The van der Waals surface area contributed by atoms with Crippen LogP contribution in [0.2, 0.25) is 0 Å². The SMILES string of the molecule is COc1cccc(OC)c1C(=O)N1CCC(C(=O)Nc2cccc(C#N)c2)CC1. The minimum Gasteiger partial charge on any atom is -0.496 e. The van der Waals surface area contributed by atoms with Crippen molar-refractivity contribution in [2.24, 2.45) is 5.92 Å². The van der Waals surface area contributed by atoms with Gasteiger partial charge in [0.15, 0.2) is 0 Å². The molecule has 0 aliphatic carbocycles. The number of anilines is 1. The fourth-order valence-corrected chi connectivity index (χ4v) is 3.48. The van der Waals surface area contributed by atoms with Crippen LogP contribution in [0.1, 0.15) is 28.8 Å². The van der Waals surface area contributed by atoms with Crippen molar-refractivity contribution >= 4 is 17.5 Å². The molecule has 0 atom stereocenters. The first-order valence-electron chi connectivity index (χ1n) is 9.38. The molecule has 1 heterocycles. The Morgan fingerprint density at radius 1 is 1.07 bits per heavy atom. The lowest BCUT2D eigenvalue weighted by molar-refractivity contribution is -0.121. The van der Waals surface area contributed by atoms with Crippen molar-refractivity contribution in [3.8, 4) is 17.6 Å². The van der Waals surface area contributed by atoms with Gasteiger partial charge in [0.1, 0.15) is 17.1 Å². The van der Waals surface area contributed by atoms with E-state index in [1.54, 1.807) is 47.4 Å². The smallest absolute Gasteiger partial charge is 0.261 e. The molecule has 2 aromatic rings. The summed E-state index contributed by atoms with van der Waals surface area (Å²) in [5.41, 5.74) is 1.49. The first kappa shape index (κ1) is 20.2. The number of amides is 2. The highest BCUT2D eigenvalue weighted by atomic mass is 16.5. The average Bonchev–Trinajstić information content (AvgIpc) is 2.78. The highest BCUT2D eigenvalue weighted by Crippen LogP contribution is 2.31. The number of piperidine rings is 1. The van der Waals surface area contributed by atoms with Crippen LogP contribution in [0.15, 0.2) is 42.5 Å². The Morgan fingerprint density at radius 2 is 1.69 bits per heavy atom. The number of benzene rings is 2. The Hall–Kier alpha value is -3.53. The number of carbonyl (C=O) groups is 2. The Balaban J connectivity index is 1.64. The summed E-state index contributed by atoms with van der Waals surface area (Å²) >= 11 is 0. The molecule has 2 aromatic carbocycles. The summed E-state index contributed by atoms with van der Waals surface area (Å²) < 4.78 is 10.7. The zero-order valence-corrected chi connectivity index (χ0v) is 16.5. The van der Waals surface area contributed by atoms with E-state index < -0.39 is 0 Å². The van der Waals surface area contributed by atoms with Crippen molar-refractivity contribution in [3.05, 3.63) is 53.6 Å². The third-order valence-electron chi connectivity index (χ3n) is 5.05. The quantitative estimate of drug-likeness (QED) is 0.843. The van der Waals surface area contributed by atoms with Gasteiger partial charge in [0.25, 0.3) is 5.91 Å². The van der Waals surface area contributed by atoms with E-state index in [4.69, 9.17) is 14.7 Å². The predicted molar refractivity (Wildman–Crippen MR) is 108 cm³/mol. The minimum absolute atomic E-state index is 0.0953. The van der Waals surface area contributed by atoms with Gasteiger partial charge in [0.05, 0.1) is 25.9 Å². The molecular weight excluding hydrogens is 370 g/mol. The summed E-state index contributed by atoms with van der Waals surface area (Å²) in [5, 5.41) is 11.8. The fraction of sp³-hybridized carbons (Fsp3) is 0.318. The third kappa shape index (κ3) is 4.49. The molecule has 0 saturated carbocycles. The molecule has 1 saturated heterocycles. The van der Waals surface area contributed by atoms with E-state index in [1.165, 1.54) is 14.2 Å². The van der Waals surface area contributed by atoms with Gasteiger partial charge in [0.2, 0.25) is 5.91 Å². The maximum absolute atomic E-state index is 13.0. The van der Waals surface area contributed by atoms with Crippen LogP contribution in [0.25, 0.3) is 0 Å². The lowest BCUT2D eigenvalue weighted by atomic mass is 9.95. The molecule has 150 valence electrons. The Kier molecular flexibility index (Phi) is 6.35. The van der Waals surface area contributed by atoms with Gasteiger partial charge in [-0.2, -0.15) is 5.26 Å². The number of nitriles is 1. The zero-order chi connectivity index (χ0) is 20.8. The average molecular weight is 393 g/mol. The molecule has 0 unspecified atom stereocenters. The zero-order valence-electron chi connectivity index (χ0n) is 16.5. The molecule has 1 N–H and O–H groups in total. The summed E-state index contributed by atoms with van der Waals surface area (Å²) in [7, 11) is 3.03. The summed E-state index contributed by atoms with van der Waals surface area (Å²) in [5.74, 6) is 0.476. The molecular formula is C22H23N3O4. The number of rotatable bonds is 5. The molecule has 29 heavy (non-hydrogen) atoms. The fourth-order valence-electron chi connectivity index (χ4n) is 3.48. The first-order valence-corrected chi connectivity index (χ1v) is 9.38. The second-order valence-electron chi connectivity index (χ2n) is 6.79. The van der Waals surface area contributed by atoms with Crippen molar-refractivity contribution in [1.82, 2.24) is 4.90 Å². The maximum atomic E-state index is 13.0. The van der Waals surface area contributed by atoms with Gasteiger partial charge in [-0.3, -0.25) is 9.59 Å². The lowest BCUT2D eigenvalue weighted by Crippen LogP contribution is -2.41. The number of nitrogens with zero attached hydrogens (tertiary/aromatic N) is 2. The second kappa shape index (κ2) is 9.11. The topological polar surface area (TPSA) is 91.7 Å². The lowest BCUT2D eigenvalue weighted by Gasteiger charge is -2.32. The van der Waals surface area contributed by atoms with Crippen LogP contribution in [0, 0.1) is 17.2 Å². The van der Waals surface area contributed by atoms with E-state index in [9.17, 15) is 9.59 Å². The monoisotopic (exact) mass is 393 g/mol. The molecule has 1 fully saturated rings. The van der Waals surface area contributed by atoms with Crippen molar-refractivity contribution in [3.63, 3.8) is 0 Å². The normalized spacial score (nSPS) is 14.0. The van der Waals surface area contributed by atoms with E-state index in [1.807, 2.05) is 0 Å². The van der Waals surface area contributed by atoms with Gasteiger partial charge in [-0.05, 0) is 43.2 Å². The van der Waals surface area contributed by atoms with E-state index in [0.717, 1.165) is 0 Å². The van der Waals surface area contributed by atoms with Crippen molar-refractivity contribution in [2.75, 3.05) is 32.6 Å². The van der Waals surface area contributed by atoms with Crippen LogP contribution < -0.4 is 14.8 Å². The molecule has 0 radical (unpaired) electrons. The summed E-state index contributed by atoms with van der Waals surface area (Å²) in [6.45, 7) is 0.937. The van der Waals surface area contributed by atoms with E-state index in [-0.39, 0.29) is 17.7 Å². The first-order chi connectivity index (χ1) is 14.1. The third-order valence-corrected chi connectivity index (χ3v) is 5.05. The van der Waals surface area contributed by atoms with Crippen molar-refractivity contribution in [2.45, 2.75) is 12.8 Å². The van der Waals surface area contributed by atoms with Gasteiger partial charge in [-0.25, -0.2) is 0 Å². The number of hydrogen-bond acceptors (Lipinski definition) is 5. The molecule has 3 rings (SSSR count). The number of likely N-dealkylation sites (tertiary alicyclic amines) is 1. The van der Waals surface area contributed by atoms with E-state index in [0.29, 0.717) is 54.2 Å². The Labute approximate surface area is 169 Å². The van der Waals surface area contributed by atoms with Gasteiger partial charge in [0, 0.05) is 24.7 Å². The number of hydrogen-bond donors (Lipinski definition) is 1. The summed E-state index contributed by atoms with van der Waals surface area (Å²) in [4.78, 5) is 27.3. The van der Waals surface area contributed by atoms with Crippen molar-refractivity contribution in [1.29, 1.82) is 5.26 Å². The maximum Gasteiger partial charge on any atom is 0.261 e. The highest BCUT2D eigenvalue weighted by Gasteiger charge is 2.30. The molecule has 1 aliphatic heterocycles. The highest BCUT2D eigenvalue weighted by molar-refractivity contribution is 6.00. The van der Waals surface area contributed by atoms with Gasteiger partial charge in [-0.1, -0.05) is 12.1 Å². The molecule has 7 nitrogen and oxygen atoms in total. The number of carbonyl (C=O) groups excluding carboxylic acids is 2. The van der Waals surface area contributed by atoms with Crippen LogP contribution >= 0.6 is 0 Å². The van der Waals surface area contributed by atoms with Gasteiger partial charge >= 0.3 is 0 Å².